The molecule has 1 aromatic heterocycles. The first-order valence-corrected chi connectivity index (χ1v) is 10.2. The van der Waals surface area contributed by atoms with Gasteiger partial charge in [-0.15, -0.1) is 0 Å². The number of aromatic nitrogens is 2. The van der Waals surface area contributed by atoms with Gasteiger partial charge in [-0.1, -0.05) is 11.8 Å². The minimum absolute atomic E-state index is 0.104. The number of thioether (sulfide) groups is 1. The molecule has 0 atom stereocenters. The van der Waals surface area contributed by atoms with E-state index in [9.17, 15) is 19.2 Å². The molecular formula is C20H21N3O6S. The Balaban J connectivity index is 1.52. The van der Waals surface area contributed by atoms with E-state index in [0.717, 1.165) is 5.69 Å². The Bertz CT molecular complexity index is 1040. The zero-order valence-corrected chi connectivity index (χ0v) is 17.4. The zero-order valence-electron chi connectivity index (χ0n) is 16.5. The number of imidazole rings is 1. The molecule has 30 heavy (non-hydrogen) atoms. The van der Waals surface area contributed by atoms with Gasteiger partial charge in [0.05, 0.1) is 41.8 Å². The molecule has 0 unspecified atom stereocenters. The van der Waals surface area contributed by atoms with Crippen LogP contribution in [-0.2, 0) is 19.1 Å². The van der Waals surface area contributed by atoms with Gasteiger partial charge in [-0.3, -0.25) is 9.36 Å². The molecule has 2 heterocycles. The maximum atomic E-state index is 12.2. The van der Waals surface area contributed by atoms with Gasteiger partial charge < -0.3 is 19.4 Å². The molecule has 10 heteroatoms. The molecule has 1 fully saturated rings. The van der Waals surface area contributed by atoms with Gasteiger partial charge in [0.2, 0.25) is 5.91 Å². The van der Waals surface area contributed by atoms with Crippen molar-refractivity contribution in [1.29, 1.82) is 0 Å². The molecule has 0 spiro atoms. The first-order chi connectivity index (χ1) is 14.4. The van der Waals surface area contributed by atoms with E-state index in [1.165, 1.54) is 34.4 Å². The minimum Gasteiger partial charge on any atom is -0.466 e. The highest BCUT2D eigenvalue weighted by atomic mass is 32.2. The quantitative estimate of drug-likeness (QED) is 0.403. The summed E-state index contributed by atoms with van der Waals surface area (Å²) in [6.45, 7) is 2.25. The molecule has 3 rings (SSSR count). The largest absolute Gasteiger partial charge is 0.466 e. The van der Waals surface area contributed by atoms with Crippen LogP contribution in [0.25, 0.3) is 5.69 Å². The highest BCUT2D eigenvalue weighted by molar-refractivity contribution is 8.04. The van der Waals surface area contributed by atoms with E-state index in [2.05, 4.69) is 9.72 Å². The Morgan fingerprint density at radius 2 is 1.97 bits per heavy atom. The predicted molar refractivity (Wildman–Crippen MR) is 110 cm³/mol. The van der Waals surface area contributed by atoms with E-state index >= 15 is 0 Å². The van der Waals surface area contributed by atoms with E-state index in [1.807, 2.05) is 0 Å². The zero-order chi connectivity index (χ0) is 21.7. The third-order valence-corrected chi connectivity index (χ3v) is 5.46. The lowest BCUT2D eigenvalue weighted by Gasteiger charge is -2.16. The minimum atomic E-state index is -0.524. The van der Waals surface area contributed by atoms with Crippen molar-refractivity contribution in [2.45, 2.75) is 13.3 Å². The maximum absolute atomic E-state index is 12.2. The Morgan fingerprint density at radius 1 is 1.23 bits per heavy atom. The fourth-order valence-corrected chi connectivity index (χ4v) is 3.88. The number of hydrogen-bond donors (Lipinski definition) is 1. The summed E-state index contributed by atoms with van der Waals surface area (Å²) in [6.07, 6.45) is 3.31. The Morgan fingerprint density at radius 3 is 2.60 bits per heavy atom. The second-order valence-electron chi connectivity index (χ2n) is 6.45. The van der Waals surface area contributed by atoms with Crippen molar-refractivity contribution in [3.8, 4) is 5.69 Å². The first kappa shape index (κ1) is 21.4. The van der Waals surface area contributed by atoms with Crippen molar-refractivity contribution in [1.82, 2.24) is 14.5 Å². The highest BCUT2D eigenvalue weighted by Gasteiger charge is 2.27. The molecule has 0 aliphatic carbocycles. The van der Waals surface area contributed by atoms with Crippen LogP contribution >= 0.6 is 11.8 Å². The van der Waals surface area contributed by atoms with E-state index in [0.29, 0.717) is 29.2 Å². The number of carbonyl (C=O) groups is 3. The Kier molecular flexibility index (Phi) is 6.78. The fourth-order valence-electron chi connectivity index (χ4n) is 2.92. The summed E-state index contributed by atoms with van der Waals surface area (Å²) in [4.78, 5) is 51.5. The number of rotatable bonds is 7. The molecular weight excluding hydrogens is 410 g/mol. The van der Waals surface area contributed by atoms with Crippen molar-refractivity contribution < 1.29 is 23.9 Å². The summed E-state index contributed by atoms with van der Waals surface area (Å²) in [5.41, 5.74) is 1.51. The second-order valence-corrected chi connectivity index (χ2v) is 7.44. The lowest BCUT2D eigenvalue weighted by atomic mass is 10.2. The number of methoxy groups -OCH3 is 1. The number of hydrogen-bond acceptors (Lipinski definition) is 7. The van der Waals surface area contributed by atoms with Gasteiger partial charge in [0.25, 0.3) is 0 Å². The van der Waals surface area contributed by atoms with Crippen LogP contribution in [0.15, 0.2) is 46.4 Å². The highest BCUT2D eigenvalue weighted by Crippen LogP contribution is 2.28. The summed E-state index contributed by atoms with van der Waals surface area (Å²) >= 11 is 1.27. The molecule has 0 saturated carbocycles. The summed E-state index contributed by atoms with van der Waals surface area (Å²) < 4.78 is 11.4. The van der Waals surface area contributed by atoms with E-state index in [4.69, 9.17) is 4.74 Å². The monoisotopic (exact) mass is 431 g/mol. The first-order valence-electron chi connectivity index (χ1n) is 9.18. The molecule has 1 N–H and O–H groups in total. The summed E-state index contributed by atoms with van der Waals surface area (Å²) in [5, 5.41) is 0.532. The van der Waals surface area contributed by atoms with Crippen LogP contribution in [0.4, 0.5) is 0 Å². The van der Waals surface area contributed by atoms with Crippen molar-refractivity contribution in [3.05, 3.63) is 63.3 Å². The van der Waals surface area contributed by atoms with Gasteiger partial charge in [0.15, 0.2) is 0 Å². The smallest absolute Gasteiger partial charge is 0.338 e. The summed E-state index contributed by atoms with van der Waals surface area (Å²) in [5.74, 6) is -0.859. The van der Waals surface area contributed by atoms with Crippen molar-refractivity contribution in [2.24, 2.45) is 0 Å². The normalized spacial score (nSPS) is 14.9. The number of benzene rings is 1. The third kappa shape index (κ3) is 4.82. The number of amides is 1. The molecule has 0 bridgehead atoms. The lowest BCUT2D eigenvalue weighted by Crippen LogP contribution is -2.27. The molecule has 158 valence electrons. The van der Waals surface area contributed by atoms with Crippen LogP contribution in [0.3, 0.4) is 0 Å². The van der Waals surface area contributed by atoms with Gasteiger partial charge >= 0.3 is 17.6 Å². The topological polar surface area (TPSA) is 111 Å². The van der Waals surface area contributed by atoms with Crippen LogP contribution in [0.2, 0.25) is 0 Å². The standard InChI is InChI=1S/C20H21N3O6S/c1-13-11-21-20(27)23(13)15-6-4-14(5-7-15)19(26)29-9-3-8-22-16(24)12-30-17(22)10-18(25)28-2/h4-7,10-11H,3,8-9,12H2,1-2H3,(H,21,27)/b17-10+. The van der Waals surface area contributed by atoms with E-state index < -0.39 is 11.9 Å². The summed E-state index contributed by atoms with van der Waals surface area (Å²) in [7, 11) is 1.27. The third-order valence-electron chi connectivity index (χ3n) is 4.43. The van der Waals surface area contributed by atoms with Crippen molar-refractivity contribution in [2.75, 3.05) is 26.0 Å². The number of aromatic amines is 1. The van der Waals surface area contributed by atoms with Crippen molar-refractivity contribution >= 4 is 29.6 Å². The van der Waals surface area contributed by atoms with Crippen LogP contribution < -0.4 is 5.69 Å². The number of ether oxygens (including phenoxy) is 2. The number of aryl methyl sites for hydroxylation is 1. The average Bonchev–Trinajstić information content (AvgIpc) is 3.26. The molecule has 1 aromatic carbocycles. The summed E-state index contributed by atoms with van der Waals surface area (Å²) in [6, 6.07) is 6.52. The number of H-pyrrole nitrogens is 1. The molecule has 1 amide bonds. The van der Waals surface area contributed by atoms with E-state index in [1.54, 1.807) is 37.4 Å². The lowest BCUT2D eigenvalue weighted by molar-refractivity contribution is -0.134. The Hall–Kier alpha value is -3.27. The molecule has 1 aliphatic heterocycles. The van der Waals surface area contributed by atoms with Gasteiger partial charge in [-0.2, -0.15) is 0 Å². The molecule has 0 radical (unpaired) electrons. The van der Waals surface area contributed by atoms with Gasteiger partial charge in [0.1, 0.15) is 0 Å². The molecule has 1 saturated heterocycles. The average molecular weight is 431 g/mol. The predicted octanol–water partition coefficient (Wildman–Crippen LogP) is 1.61. The maximum Gasteiger partial charge on any atom is 0.338 e. The van der Waals surface area contributed by atoms with Crippen molar-refractivity contribution in [3.63, 3.8) is 0 Å². The van der Waals surface area contributed by atoms with Gasteiger partial charge in [-0.05, 0) is 37.6 Å². The van der Waals surface area contributed by atoms with Crippen LogP contribution in [0.1, 0.15) is 22.5 Å². The van der Waals surface area contributed by atoms with Gasteiger partial charge in [0, 0.05) is 18.4 Å². The van der Waals surface area contributed by atoms with Crippen LogP contribution in [0, 0.1) is 6.92 Å². The van der Waals surface area contributed by atoms with E-state index in [-0.39, 0.29) is 24.0 Å². The molecule has 2 aromatic rings. The number of nitrogens with one attached hydrogen (secondary N) is 1. The van der Waals surface area contributed by atoms with Gasteiger partial charge in [-0.25, -0.2) is 14.4 Å². The fraction of sp³-hybridized carbons (Fsp3) is 0.300. The number of carbonyl (C=O) groups excluding carboxylic acids is 3. The van der Waals surface area contributed by atoms with Crippen LogP contribution in [-0.4, -0.2) is 58.3 Å². The SMILES string of the molecule is COC(=O)/C=C1/SCC(=O)N1CCCOC(=O)c1ccc(-n2c(C)c[nH]c2=O)cc1. The number of nitrogens with zero attached hydrogens (tertiary/aromatic N) is 2. The van der Waals surface area contributed by atoms with Crippen LogP contribution in [0.5, 0.6) is 0 Å². The second kappa shape index (κ2) is 9.49. The number of esters is 2. The molecule has 1 aliphatic rings. The Labute approximate surface area is 176 Å². The molecule has 9 nitrogen and oxygen atoms in total.